The minimum Gasteiger partial charge on any atom is -0.264 e. The monoisotopic (exact) mass is 191 g/mol. The van der Waals surface area contributed by atoms with E-state index in [0.29, 0.717) is 4.48 Å². The maximum atomic E-state index is 9.78. The first-order valence-corrected chi connectivity index (χ1v) is 3.05. The quantitative estimate of drug-likeness (QED) is 0.388. The van der Waals surface area contributed by atoms with Crippen LogP contribution in [0.25, 0.3) is 0 Å². The van der Waals surface area contributed by atoms with Gasteiger partial charge in [-0.25, -0.2) is 0 Å². The highest BCUT2D eigenvalue weighted by Crippen LogP contribution is 2.03. The Kier molecular flexibility index (Phi) is 3.96. The van der Waals surface area contributed by atoms with E-state index in [0.717, 1.165) is 0 Å². The Morgan fingerprint density at radius 2 is 2.44 bits per heavy atom. The van der Waals surface area contributed by atoms with Gasteiger partial charge < -0.3 is 0 Å². The van der Waals surface area contributed by atoms with Gasteiger partial charge in [0.05, 0.1) is 4.48 Å². The van der Waals surface area contributed by atoms with Crippen molar-refractivity contribution in [3.63, 3.8) is 0 Å². The molecule has 0 aromatic heterocycles. The normalized spacial score (nSPS) is 11.0. The van der Waals surface area contributed by atoms with Crippen LogP contribution in [0.15, 0.2) is 23.2 Å². The Labute approximate surface area is 61.3 Å². The first kappa shape index (κ1) is 8.36. The summed E-state index contributed by atoms with van der Waals surface area (Å²) in [5.41, 5.74) is 0. The molecule has 0 aliphatic carbocycles. The molecule has 0 N–H and O–H groups in total. The minimum absolute atomic E-state index is 0.175. The molecular weight excluding hydrogens is 186 g/mol. The standard InChI is InChI=1S/C5H6BrNO2/c1-2-3-5(6)4-7(8)9/h2-3H,1,4H2/b5-3+. The Morgan fingerprint density at radius 1 is 1.89 bits per heavy atom. The topological polar surface area (TPSA) is 43.1 Å². The zero-order chi connectivity index (χ0) is 7.28. The van der Waals surface area contributed by atoms with Crippen molar-refractivity contribution in [2.75, 3.05) is 6.54 Å². The second-order valence-corrected chi connectivity index (χ2v) is 2.36. The average molecular weight is 192 g/mol. The van der Waals surface area contributed by atoms with Gasteiger partial charge in [-0.05, 0) is 22.0 Å². The van der Waals surface area contributed by atoms with Crippen molar-refractivity contribution in [1.29, 1.82) is 0 Å². The molecule has 0 fully saturated rings. The molecule has 0 unspecified atom stereocenters. The van der Waals surface area contributed by atoms with Crippen LogP contribution >= 0.6 is 15.9 Å². The summed E-state index contributed by atoms with van der Waals surface area (Å²) in [6.07, 6.45) is 3.04. The molecule has 0 saturated heterocycles. The van der Waals surface area contributed by atoms with Gasteiger partial charge >= 0.3 is 0 Å². The van der Waals surface area contributed by atoms with Gasteiger partial charge in [-0.3, -0.25) is 10.1 Å². The number of allylic oxidation sites excluding steroid dienone is 2. The van der Waals surface area contributed by atoms with Gasteiger partial charge in [-0.1, -0.05) is 12.7 Å². The van der Waals surface area contributed by atoms with Crippen molar-refractivity contribution in [3.05, 3.63) is 33.3 Å². The van der Waals surface area contributed by atoms with Crippen LogP contribution in [-0.2, 0) is 0 Å². The summed E-state index contributed by atoms with van der Waals surface area (Å²) in [6, 6.07) is 0. The molecule has 0 aliphatic rings. The van der Waals surface area contributed by atoms with Crippen LogP contribution in [0, 0.1) is 10.1 Å². The molecule has 0 saturated carbocycles. The first-order chi connectivity index (χ1) is 4.16. The molecule has 0 aromatic rings. The molecule has 0 bridgehead atoms. The molecule has 0 amide bonds. The van der Waals surface area contributed by atoms with Crippen LogP contribution in [0.4, 0.5) is 0 Å². The number of halogens is 1. The van der Waals surface area contributed by atoms with Crippen molar-refractivity contribution in [1.82, 2.24) is 0 Å². The van der Waals surface area contributed by atoms with Crippen molar-refractivity contribution in [2.45, 2.75) is 0 Å². The van der Waals surface area contributed by atoms with Gasteiger partial charge in [0.2, 0.25) is 6.54 Å². The molecule has 9 heavy (non-hydrogen) atoms. The van der Waals surface area contributed by atoms with Gasteiger partial charge in [-0.2, -0.15) is 0 Å². The predicted molar refractivity (Wildman–Crippen MR) is 39.1 cm³/mol. The third kappa shape index (κ3) is 5.23. The Balaban J connectivity index is 3.75. The van der Waals surface area contributed by atoms with E-state index in [1.54, 1.807) is 6.08 Å². The summed E-state index contributed by atoms with van der Waals surface area (Å²) >= 11 is 2.99. The van der Waals surface area contributed by atoms with Crippen LogP contribution in [0.1, 0.15) is 0 Å². The largest absolute Gasteiger partial charge is 0.264 e. The Hall–Kier alpha value is -0.640. The summed E-state index contributed by atoms with van der Waals surface area (Å²) in [5.74, 6) is 0. The lowest BCUT2D eigenvalue weighted by Crippen LogP contribution is -1.99. The van der Waals surface area contributed by atoms with Crippen molar-refractivity contribution < 1.29 is 4.92 Å². The minimum atomic E-state index is -0.413. The summed E-state index contributed by atoms with van der Waals surface area (Å²) in [6.45, 7) is 3.20. The highest BCUT2D eigenvalue weighted by Gasteiger charge is 1.97. The second kappa shape index (κ2) is 4.26. The van der Waals surface area contributed by atoms with E-state index < -0.39 is 4.92 Å². The zero-order valence-corrected chi connectivity index (χ0v) is 6.30. The number of hydrogen-bond donors (Lipinski definition) is 0. The van der Waals surface area contributed by atoms with Crippen molar-refractivity contribution >= 4 is 15.9 Å². The SMILES string of the molecule is C=C/C=C(/Br)C[N+](=O)[O-]. The number of nitrogens with zero attached hydrogens (tertiary/aromatic N) is 1. The number of hydrogen-bond acceptors (Lipinski definition) is 2. The fourth-order valence-electron chi connectivity index (χ4n) is 0.304. The smallest absolute Gasteiger partial charge is 0.235 e. The zero-order valence-electron chi connectivity index (χ0n) is 4.71. The fourth-order valence-corrected chi connectivity index (χ4v) is 0.696. The maximum absolute atomic E-state index is 9.78. The Morgan fingerprint density at radius 3 is 2.78 bits per heavy atom. The molecule has 0 aromatic carbocycles. The van der Waals surface area contributed by atoms with E-state index in [1.807, 2.05) is 0 Å². The van der Waals surface area contributed by atoms with Crippen LogP contribution in [0.3, 0.4) is 0 Å². The first-order valence-electron chi connectivity index (χ1n) is 2.25. The van der Waals surface area contributed by atoms with E-state index >= 15 is 0 Å². The number of nitro groups is 1. The molecule has 0 spiro atoms. The van der Waals surface area contributed by atoms with E-state index in [-0.39, 0.29) is 6.54 Å². The molecule has 50 valence electrons. The van der Waals surface area contributed by atoms with Crippen molar-refractivity contribution in [2.24, 2.45) is 0 Å². The molecule has 0 heterocycles. The highest BCUT2D eigenvalue weighted by molar-refractivity contribution is 9.11. The van der Waals surface area contributed by atoms with Gasteiger partial charge in [0.25, 0.3) is 0 Å². The molecular formula is C5H6BrNO2. The Bertz CT molecular complexity index is 153. The third-order valence-corrected chi connectivity index (χ3v) is 1.09. The summed E-state index contributed by atoms with van der Waals surface area (Å²) in [5, 5.41) is 9.78. The predicted octanol–water partition coefficient (Wildman–Crippen LogP) is 1.73. The van der Waals surface area contributed by atoms with Crippen LogP contribution in [0.2, 0.25) is 0 Å². The summed E-state index contributed by atoms with van der Waals surface area (Å²) < 4.78 is 0.530. The van der Waals surface area contributed by atoms with Gasteiger partial charge in [0, 0.05) is 4.92 Å². The molecule has 0 radical (unpaired) electrons. The number of rotatable bonds is 3. The average Bonchev–Trinajstić information content (AvgIpc) is 1.63. The van der Waals surface area contributed by atoms with E-state index in [1.165, 1.54) is 6.08 Å². The van der Waals surface area contributed by atoms with Gasteiger partial charge in [0.1, 0.15) is 0 Å². The molecule has 0 rings (SSSR count). The molecule has 4 heteroatoms. The lowest BCUT2D eigenvalue weighted by molar-refractivity contribution is -0.469. The van der Waals surface area contributed by atoms with Gasteiger partial charge in [0.15, 0.2) is 0 Å². The second-order valence-electron chi connectivity index (χ2n) is 1.34. The third-order valence-electron chi connectivity index (χ3n) is 0.579. The van der Waals surface area contributed by atoms with Crippen LogP contribution in [0.5, 0.6) is 0 Å². The highest BCUT2D eigenvalue weighted by atomic mass is 79.9. The van der Waals surface area contributed by atoms with Crippen molar-refractivity contribution in [3.8, 4) is 0 Å². The lowest BCUT2D eigenvalue weighted by atomic mass is 10.5. The summed E-state index contributed by atoms with van der Waals surface area (Å²) in [4.78, 5) is 9.37. The fraction of sp³-hybridized carbons (Fsp3) is 0.200. The maximum Gasteiger partial charge on any atom is 0.235 e. The molecule has 0 atom stereocenters. The van der Waals surface area contributed by atoms with E-state index in [4.69, 9.17) is 0 Å². The molecule has 0 aliphatic heterocycles. The lowest BCUT2D eigenvalue weighted by Gasteiger charge is -1.86. The summed E-state index contributed by atoms with van der Waals surface area (Å²) in [7, 11) is 0. The van der Waals surface area contributed by atoms with Gasteiger partial charge in [-0.15, -0.1) is 0 Å². The molecule has 3 nitrogen and oxygen atoms in total. The van der Waals surface area contributed by atoms with E-state index in [9.17, 15) is 10.1 Å². The van der Waals surface area contributed by atoms with Crippen LogP contribution < -0.4 is 0 Å². The van der Waals surface area contributed by atoms with Crippen LogP contribution in [-0.4, -0.2) is 11.5 Å². The van der Waals surface area contributed by atoms with E-state index in [2.05, 4.69) is 22.5 Å².